The van der Waals surface area contributed by atoms with Crippen molar-refractivity contribution in [3.05, 3.63) is 0 Å². The normalized spacial score (nSPS) is 24.7. The van der Waals surface area contributed by atoms with Crippen LogP contribution in [0.15, 0.2) is 0 Å². The number of thiocarbonyl (C=S) groups is 2. The molecule has 12 heteroatoms. The van der Waals surface area contributed by atoms with E-state index in [2.05, 4.69) is 45.7 Å². The average Bonchev–Trinajstić information content (AvgIpc) is 2.24. The monoisotopic (exact) mass is 333 g/mol. The second kappa shape index (κ2) is 7.01. The Morgan fingerprint density at radius 3 is 2.00 bits per heavy atom. The molecule has 7 N–H and O–H groups in total. The molecule has 4 amide bonds. The molecule has 0 aromatic rings. The number of aliphatic hydroxyl groups excluding tert-OH is 1. The molecule has 2 fully saturated rings. The van der Waals surface area contributed by atoms with Gasteiger partial charge in [-0.1, -0.05) is 0 Å². The van der Waals surface area contributed by atoms with Crippen LogP contribution in [0.2, 0.25) is 0 Å². The second-order valence-corrected chi connectivity index (χ2v) is 4.71. The van der Waals surface area contributed by atoms with Crippen LogP contribution in [-0.4, -0.2) is 45.2 Å². The van der Waals surface area contributed by atoms with Gasteiger partial charge in [-0.25, -0.2) is 0 Å². The van der Waals surface area contributed by atoms with Gasteiger partial charge >= 0.3 is 0 Å². The van der Waals surface area contributed by atoms with E-state index in [0.29, 0.717) is 0 Å². The molecule has 2 aliphatic rings. The zero-order valence-electron chi connectivity index (χ0n) is 10.3. The van der Waals surface area contributed by atoms with Gasteiger partial charge in [0.15, 0.2) is 16.1 Å². The van der Waals surface area contributed by atoms with Crippen LogP contribution in [0, 0.1) is 5.92 Å². The molecule has 2 heterocycles. The van der Waals surface area contributed by atoms with Crippen molar-refractivity contribution in [2.75, 3.05) is 0 Å². The first kappa shape index (κ1) is 16.9. The zero-order chi connectivity index (χ0) is 16.2. The quantitative estimate of drug-likeness (QED) is 0.211. The number of nitrogens with one attached hydrogen (secondary N) is 4. The van der Waals surface area contributed by atoms with Crippen LogP contribution in [-0.2, 0) is 19.2 Å². The summed E-state index contributed by atoms with van der Waals surface area (Å²) in [6, 6.07) is 0. The predicted molar refractivity (Wildman–Crippen MR) is 76.1 cm³/mol. The van der Waals surface area contributed by atoms with Crippen LogP contribution in [0.1, 0.15) is 6.42 Å². The minimum Gasteiger partial charge on any atom is -0.372 e. The second-order valence-electron chi connectivity index (χ2n) is 3.89. The van der Waals surface area contributed by atoms with Crippen molar-refractivity contribution in [1.82, 2.24) is 21.3 Å². The van der Waals surface area contributed by atoms with E-state index in [0.717, 1.165) is 0 Å². The maximum absolute atomic E-state index is 11.0. The number of hydrogen-bond acceptors (Lipinski definition) is 7. The lowest BCUT2D eigenvalue weighted by atomic mass is 10.1. The summed E-state index contributed by atoms with van der Waals surface area (Å²) >= 11 is 9.04. The number of amides is 4. The molecule has 2 saturated heterocycles. The minimum atomic E-state index is -1.33. The number of nitrogens with two attached hydrogens (primary N) is 1. The molecule has 0 saturated carbocycles. The topological polar surface area (TPSA) is 163 Å². The zero-order valence-corrected chi connectivity index (χ0v) is 12.0. The van der Waals surface area contributed by atoms with Crippen molar-refractivity contribution in [2.24, 2.45) is 11.7 Å². The standard InChI is InChI=1S/C5H7N3O3S.C4H4N2O2S/c6-2(9)1-3(10)7-5(12)8-4(1)11;7-2-1-3(8)6-4(9)5-2/h1,3,10H,(H2,6,9)(H2,7,8,11,12);1H2,(H2,5,6,7,8,9). The fraction of sp³-hybridized carbons (Fsp3) is 0.333. The third-order valence-electron chi connectivity index (χ3n) is 2.25. The van der Waals surface area contributed by atoms with Gasteiger partial charge in [0.1, 0.15) is 12.6 Å². The van der Waals surface area contributed by atoms with E-state index in [1.54, 1.807) is 0 Å². The van der Waals surface area contributed by atoms with Crippen LogP contribution < -0.4 is 27.0 Å². The Labute approximate surface area is 128 Å². The first-order valence-corrected chi connectivity index (χ1v) is 6.24. The molecule has 0 aliphatic carbocycles. The van der Waals surface area contributed by atoms with E-state index < -0.39 is 24.0 Å². The molecule has 0 bridgehead atoms. The summed E-state index contributed by atoms with van der Waals surface area (Å²) < 4.78 is 0. The van der Waals surface area contributed by atoms with E-state index in [4.69, 9.17) is 10.8 Å². The summed E-state index contributed by atoms with van der Waals surface area (Å²) in [6.45, 7) is 0. The molecule has 0 radical (unpaired) electrons. The molecule has 2 atom stereocenters. The van der Waals surface area contributed by atoms with Gasteiger partial charge in [-0.3, -0.25) is 19.2 Å². The first-order valence-electron chi connectivity index (χ1n) is 5.43. The fourth-order valence-electron chi connectivity index (χ4n) is 1.39. The van der Waals surface area contributed by atoms with E-state index in [1.807, 2.05) is 0 Å². The number of carbonyl (C=O) groups is 4. The van der Waals surface area contributed by atoms with Crippen molar-refractivity contribution in [3.8, 4) is 0 Å². The lowest BCUT2D eigenvalue weighted by molar-refractivity contribution is -0.139. The Balaban J connectivity index is 0.000000219. The van der Waals surface area contributed by atoms with Crippen LogP contribution in [0.25, 0.3) is 0 Å². The Hall–Kier alpha value is -2.18. The van der Waals surface area contributed by atoms with E-state index in [1.165, 1.54) is 0 Å². The highest BCUT2D eigenvalue weighted by Gasteiger charge is 2.36. The summed E-state index contributed by atoms with van der Waals surface area (Å²) in [7, 11) is 0. The highest BCUT2D eigenvalue weighted by Crippen LogP contribution is 2.04. The summed E-state index contributed by atoms with van der Waals surface area (Å²) in [5, 5.41) is 18.2. The van der Waals surface area contributed by atoms with Gasteiger partial charge < -0.3 is 32.1 Å². The summed E-state index contributed by atoms with van der Waals surface area (Å²) in [4.78, 5) is 42.4. The highest BCUT2D eigenvalue weighted by molar-refractivity contribution is 7.80. The van der Waals surface area contributed by atoms with Crippen molar-refractivity contribution in [3.63, 3.8) is 0 Å². The Morgan fingerprint density at radius 1 is 1.10 bits per heavy atom. The van der Waals surface area contributed by atoms with Crippen LogP contribution >= 0.6 is 24.4 Å². The number of carbonyl (C=O) groups excluding carboxylic acids is 4. The van der Waals surface area contributed by atoms with Crippen LogP contribution in [0.5, 0.6) is 0 Å². The SMILES string of the molecule is NC(=O)C1C(=O)NC(=S)NC1O.O=C1CC(=O)NC(=S)N1. The maximum atomic E-state index is 11.0. The summed E-state index contributed by atoms with van der Waals surface area (Å²) in [5.41, 5.74) is 4.85. The lowest BCUT2D eigenvalue weighted by Crippen LogP contribution is -2.61. The number of hydrogen-bond donors (Lipinski definition) is 6. The smallest absolute Gasteiger partial charge is 0.243 e. The van der Waals surface area contributed by atoms with Crippen LogP contribution in [0.3, 0.4) is 0 Å². The highest BCUT2D eigenvalue weighted by atomic mass is 32.1. The van der Waals surface area contributed by atoms with Crippen molar-refractivity contribution < 1.29 is 24.3 Å². The van der Waals surface area contributed by atoms with E-state index >= 15 is 0 Å². The molecule has 114 valence electrons. The largest absolute Gasteiger partial charge is 0.372 e. The van der Waals surface area contributed by atoms with E-state index in [-0.39, 0.29) is 28.5 Å². The lowest BCUT2D eigenvalue weighted by Gasteiger charge is -2.26. The molecule has 0 aromatic carbocycles. The molecule has 2 unspecified atom stereocenters. The van der Waals surface area contributed by atoms with Gasteiger partial charge in [0.2, 0.25) is 23.6 Å². The summed E-state index contributed by atoms with van der Waals surface area (Å²) in [6.07, 6.45) is -1.45. The molecule has 0 spiro atoms. The average molecular weight is 333 g/mol. The van der Waals surface area contributed by atoms with Gasteiger partial charge in [0.05, 0.1) is 0 Å². The Morgan fingerprint density at radius 2 is 1.62 bits per heavy atom. The molecule has 2 aliphatic heterocycles. The molecule has 10 nitrogen and oxygen atoms in total. The van der Waals surface area contributed by atoms with Gasteiger partial charge in [0.25, 0.3) is 0 Å². The van der Waals surface area contributed by atoms with E-state index in [9.17, 15) is 19.2 Å². The predicted octanol–water partition coefficient (Wildman–Crippen LogP) is -3.68. The summed E-state index contributed by atoms with van der Waals surface area (Å²) in [5.74, 6) is -3.54. The van der Waals surface area contributed by atoms with Gasteiger partial charge in [-0.2, -0.15) is 0 Å². The number of primary amides is 1. The third-order valence-corrected chi connectivity index (χ3v) is 2.67. The van der Waals surface area contributed by atoms with Gasteiger partial charge in [-0.05, 0) is 24.4 Å². The Bertz CT molecular complexity index is 491. The maximum Gasteiger partial charge on any atom is 0.243 e. The van der Waals surface area contributed by atoms with Crippen molar-refractivity contribution in [1.29, 1.82) is 0 Å². The third kappa shape index (κ3) is 5.02. The van der Waals surface area contributed by atoms with Gasteiger partial charge in [-0.15, -0.1) is 0 Å². The van der Waals surface area contributed by atoms with Crippen LogP contribution in [0.4, 0.5) is 0 Å². The molecular weight excluding hydrogens is 322 g/mol. The fourth-order valence-corrected chi connectivity index (χ4v) is 1.84. The molecule has 2 rings (SSSR count). The number of aliphatic hydroxyl groups is 1. The Kier molecular flexibility index (Phi) is 5.63. The molecule has 21 heavy (non-hydrogen) atoms. The molecular formula is C9H11N5O5S2. The van der Waals surface area contributed by atoms with Crippen molar-refractivity contribution >= 4 is 58.3 Å². The van der Waals surface area contributed by atoms with Crippen molar-refractivity contribution in [2.45, 2.75) is 12.6 Å². The number of rotatable bonds is 1. The first-order chi connectivity index (χ1) is 9.70. The van der Waals surface area contributed by atoms with Gasteiger partial charge in [0, 0.05) is 0 Å². The molecule has 0 aromatic heterocycles. The minimum absolute atomic E-state index is 0.00926.